The molecule has 1 N–H and O–H groups in total. The number of anilines is 1. The summed E-state index contributed by atoms with van der Waals surface area (Å²) in [6.07, 6.45) is 2.39. The standard InChI is InChI=1S/C25H28N4O4S/c1-33-21-9-11-22(12-10-21)34(31,32)29-18-16-28(17-19-29)24-23(8-5-14-26-24)25(30)27-15-13-20-6-3-2-4-7-20/h2-12,14H,13,15-19H2,1H3,(H,27,30). The first-order chi connectivity index (χ1) is 16.5. The van der Waals surface area contributed by atoms with Crippen LogP contribution in [0.2, 0.25) is 0 Å². The molecule has 1 saturated heterocycles. The van der Waals surface area contributed by atoms with Crippen LogP contribution in [0.4, 0.5) is 5.82 Å². The number of carbonyl (C=O) groups excluding carboxylic acids is 1. The number of nitrogens with zero attached hydrogens (tertiary/aromatic N) is 3. The molecule has 4 rings (SSSR count). The number of pyridine rings is 1. The lowest BCUT2D eigenvalue weighted by Crippen LogP contribution is -2.49. The summed E-state index contributed by atoms with van der Waals surface area (Å²) >= 11 is 0. The lowest BCUT2D eigenvalue weighted by molar-refractivity contribution is 0.0954. The van der Waals surface area contributed by atoms with Gasteiger partial charge in [0.15, 0.2) is 0 Å². The van der Waals surface area contributed by atoms with Crippen LogP contribution in [-0.2, 0) is 16.4 Å². The largest absolute Gasteiger partial charge is 0.497 e. The van der Waals surface area contributed by atoms with Crippen molar-refractivity contribution in [1.82, 2.24) is 14.6 Å². The van der Waals surface area contributed by atoms with Gasteiger partial charge in [0.25, 0.3) is 5.91 Å². The number of hydrogen-bond acceptors (Lipinski definition) is 6. The van der Waals surface area contributed by atoms with Gasteiger partial charge in [-0.25, -0.2) is 13.4 Å². The van der Waals surface area contributed by atoms with Gasteiger partial charge in [-0.15, -0.1) is 0 Å². The van der Waals surface area contributed by atoms with E-state index in [1.54, 1.807) is 42.6 Å². The first-order valence-corrected chi connectivity index (χ1v) is 12.6. The lowest BCUT2D eigenvalue weighted by atomic mass is 10.1. The fourth-order valence-electron chi connectivity index (χ4n) is 3.92. The monoisotopic (exact) mass is 480 g/mol. The Hall–Kier alpha value is -3.43. The molecule has 1 aromatic heterocycles. The Morgan fingerprint density at radius 3 is 2.35 bits per heavy atom. The molecule has 2 heterocycles. The van der Waals surface area contributed by atoms with Crippen LogP contribution in [-0.4, -0.2) is 63.4 Å². The number of benzene rings is 2. The number of hydrogen-bond donors (Lipinski definition) is 1. The predicted octanol–water partition coefficient (Wildman–Crippen LogP) is 2.57. The molecule has 2 aromatic carbocycles. The Labute approximate surface area is 200 Å². The maximum atomic E-state index is 13.0. The zero-order valence-electron chi connectivity index (χ0n) is 19.1. The Kier molecular flexibility index (Phi) is 7.44. The second-order valence-corrected chi connectivity index (χ2v) is 9.87. The molecular weight excluding hydrogens is 452 g/mol. The van der Waals surface area contributed by atoms with Crippen LogP contribution >= 0.6 is 0 Å². The van der Waals surface area contributed by atoms with E-state index in [-0.39, 0.29) is 10.8 Å². The van der Waals surface area contributed by atoms with Crippen molar-refractivity contribution in [1.29, 1.82) is 0 Å². The lowest BCUT2D eigenvalue weighted by Gasteiger charge is -2.35. The SMILES string of the molecule is COc1ccc(S(=O)(=O)N2CCN(c3ncccc3C(=O)NCCc3ccccc3)CC2)cc1. The maximum Gasteiger partial charge on any atom is 0.255 e. The van der Waals surface area contributed by atoms with Crippen LogP contribution in [0.15, 0.2) is 77.8 Å². The molecule has 0 aliphatic carbocycles. The van der Waals surface area contributed by atoms with Crippen LogP contribution in [0.25, 0.3) is 0 Å². The van der Waals surface area contributed by atoms with E-state index in [1.807, 2.05) is 35.2 Å². The zero-order chi connectivity index (χ0) is 24.0. The van der Waals surface area contributed by atoms with E-state index in [9.17, 15) is 13.2 Å². The van der Waals surface area contributed by atoms with Gasteiger partial charge in [-0.3, -0.25) is 4.79 Å². The first kappa shape index (κ1) is 23.7. The highest BCUT2D eigenvalue weighted by molar-refractivity contribution is 7.89. The number of piperazine rings is 1. The van der Waals surface area contributed by atoms with Gasteiger partial charge in [-0.05, 0) is 48.4 Å². The Bertz CT molecular complexity index is 1210. The summed E-state index contributed by atoms with van der Waals surface area (Å²) in [5.41, 5.74) is 1.64. The fraction of sp³-hybridized carbons (Fsp3) is 0.280. The van der Waals surface area contributed by atoms with Crippen molar-refractivity contribution in [2.75, 3.05) is 44.7 Å². The first-order valence-electron chi connectivity index (χ1n) is 11.2. The molecule has 3 aromatic rings. The number of sulfonamides is 1. The molecule has 1 fully saturated rings. The van der Waals surface area contributed by atoms with E-state index >= 15 is 0 Å². The molecule has 0 bridgehead atoms. The van der Waals surface area contributed by atoms with Crippen molar-refractivity contribution in [3.63, 3.8) is 0 Å². The summed E-state index contributed by atoms with van der Waals surface area (Å²) in [5, 5.41) is 2.97. The molecule has 0 spiro atoms. The molecule has 178 valence electrons. The van der Waals surface area contributed by atoms with E-state index in [4.69, 9.17) is 4.74 Å². The van der Waals surface area contributed by atoms with Crippen LogP contribution < -0.4 is 15.0 Å². The van der Waals surface area contributed by atoms with Crippen LogP contribution in [0, 0.1) is 0 Å². The van der Waals surface area contributed by atoms with Gasteiger partial charge in [0.1, 0.15) is 11.6 Å². The van der Waals surface area contributed by atoms with Gasteiger partial charge >= 0.3 is 0 Å². The van der Waals surface area contributed by atoms with E-state index in [2.05, 4.69) is 10.3 Å². The second-order valence-electron chi connectivity index (χ2n) is 7.93. The van der Waals surface area contributed by atoms with Crippen molar-refractivity contribution in [3.8, 4) is 5.75 Å². The summed E-state index contributed by atoms with van der Waals surface area (Å²) in [5.74, 6) is 0.988. The van der Waals surface area contributed by atoms with Crippen molar-refractivity contribution in [3.05, 3.63) is 84.1 Å². The van der Waals surface area contributed by atoms with Crippen LogP contribution in [0.1, 0.15) is 15.9 Å². The van der Waals surface area contributed by atoms with Crippen LogP contribution in [0.5, 0.6) is 5.75 Å². The van der Waals surface area contributed by atoms with E-state index in [1.165, 1.54) is 11.4 Å². The number of rotatable bonds is 8. The van der Waals surface area contributed by atoms with Gasteiger partial charge < -0.3 is 15.0 Å². The van der Waals surface area contributed by atoms with Crippen molar-refractivity contribution >= 4 is 21.7 Å². The molecule has 1 amide bonds. The predicted molar refractivity (Wildman–Crippen MR) is 131 cm³/mol. The highest BCUT2D eigenvalue weighted by Crippen LogP contribution is 2.23. The van der Waals surface area contributed by atoms with E-state index < -0.39 is 10.0 Å². The Balaban J connectivity index is 1.39. The van der Waals surface area contributed by atoms with Gasteiger partial charge in [0, 0.05) is 38.9 Å². The van der Waals surface area contributed by atoms with Crippen molar-refractivity contribution in [2.45, 2.75) is 11.3 Å². The number of methoxy groups -OCH3 is 1. The Morgan fingerprint density at radius 1 is 0.971 bits per heavy atom. The maximum absolute atomic E-state index is 13.0. The number of nitrogens with one attached hydrogen (secondary N) is 1. The van der Waals surface area contributed by atoms with Gasteiger partial charge in [-0.2, -0.15) is 4.31 Å². The normalized spacial score (nSPS) is 14.6. The number of amides is 1. The fourth-order valence-corrected chi connectivity index (χ4v) is 5.35. The summed E-state index contributed by atoms with van der Waals surface area (Å²) in [7, 11) is -2.07. The average Bonchev–Trinajstić information content (AvgIpc) is 2.89. The second kappa shape index (κ2) is 10.7. The minimum absolute atomic E-state index is 0.188. The summed E-state index contributed by atoms with van der Waals surface area (Å²) in [4.78, 5) is 19.5. The number of ether oxygens (including phenoxy) is 1. The topological polar surface area (TPSA) is 91.8 Å². The third-order valence-corrected chi connectivity index (χ3v) is 7.72. The van der Waals surface area contributed by atoms with Crippen LogP contribution in [0.3, 0.4) is 0 Å². The molecule has 0 radical (unpaired) electrons. The molecule has 1 aliphatic rings. The highest BCUT2D eigenvalue weighted by atomic mass is 32.2. The molecule has 1 aliphatic heterocycles. The smallest absolute Gasteiger partial charge is 0.255 e. The molecule has 8 nitrogen and oxygen atoms in total. The van der Waals surface area contributed by atoms with E-state index in [0.717, 1.165) is 12.0 Å². The summed E-state index contributed by atoms with van der Waals surface area (Å²) in [6.45, 7) is 2.01. The number of aromatic nitrogens is 1. The molecule has 34 heavy (non-hydrogen) atoms. The highest BCUT2D eigenvalue weighted by Gasteiger charge is 2.30. The average molecular weight is 481 g/mol. The number of carbonyl (C=O) groups is 1. The van der Waals surface area contributed by atoms with Gasteiger partial charge in [0.05, 0.1) is 17.6 Å². The van der Waals surface area contributed by atoms with E-state index in [0.29, 0.717) is 49.9 Å². The molecular formula is C25H28N4O4S. The molecule has 0 unspecified atom stereocenters. The third-order valence-electron chi connectivity index (χ3n) is 5.81. The summed E-state index contributed by atoms with van der Waals surface area (Å²) in [6, 6.07) is 19.8. The summed E-state index contributed by atoms with van der Waals surface area (Å²) < 4.78 is 32.6. The minimum Gasteiger partial charge on any atom is -0.497 e. The zero-order valence-corrected chi connectivity index (χ0v) is 19.9. The van der Waals surface area contributed by atoms with Gasteiger partial charge in [0.2, 0.25) is 10.0 Å². The van der Waals surface area contributed by atoms with Crippen molar-refractivity contribution < 1.29 is 17.9 Å². The Morgan fingerprint density at radius 2 is 1.68 bits per heavy atom. The van der Waals surface area contributed by atoms with Crippen molar-refractivity contribution in [2.24, 2.45) is 0 Å². The molecule has 0 atom stereocenters. The molecule has 0 saturated carbocycles. The molecule has 9 heteroatoms. The minimum atomic E-state index is -3.61. The quantitative estimate of drug-likeness (QED) is 0.533. The third kappa shape index (κ3) is 5.37. The van der Waals surface area contributed by atoms with Gasteiger partial charge in [-0.1, -0.05) is 30.3 Å².